The first-order valence-electron chi connectivity index (χ1n) is 7.35. The van der Waals surface area contributed by atoms with Crippen LogP contribution in [0.1, 0.15) is 44.9 Å². The summed E-state index contributed by atoms with van der Waals surface area (Å²) >= 11 is 0. The van der Waals surface area contributed by atoms with Gasteiger partial charge in [-0.25, -0.2) is 0 Å². The summed E-state index contributed by atoms with van der Waals surface area (Å²) in [7, 11) is 0. The average molecular weight is 238 g/mol. The van der Waals surface area contributed by atoms with Crippen molar-refractivity contribution in [2.24, 2.45) is 11.1 Å². The number of rotatable bonds is 4. The van der Waals surface area contributed by atoms with Crippen LogP contribution < -0.4 is 5.73 Å². The van der Waals surface area contributed by atoms with Gasteiger partial charge in [0.15, 0.2) is 0 Å². The van der Waals surface area contributed by atoms with E-state index in [1.807, 2.05) is 0 Å². The Morgan fingerprint density at radius 3 is 2.41 bits per heavy atom. The summed E-state index contributed by atoms with van der Waals surface area (Å²) in [6.45, 7) is 4.75. The fourth-order valence-corrected chi connectivity index (χ4v) is 3.66. The second kappa shape index (κ2) is 4.87. The highest BCUT2D eigenvalue weighted by Gasteiger charge is 2.46. The molecule has 3 heteroatoms. The van der Waals surface area contributed by atoms with Crippen molar-refractivity contribution in [2.75, 3.05) is 26.2 Å². The van der Waals surface area contributed by atoms with Crippen LogP contribution in [0.2, 0.25) is 0 Å². The minimum absolute atomic E-state index is 0.434. The molecule has 3 rings (SSSR count). The monoisotopic (exact) mass is 238 g/mol. The predicted molar refractivity (Wildman–Crippen MR) is 68.9 cm³/mol. The Bertz CT molecular complexity index is 249. The topological polar surface area (TPSA) is 38.5 Å². The van der Waals surface area contributed by atoms with E-state index in [2.05, 4.69) is 4.90 Å². The van der Waals surface area contributed by atoms with E-state index in [4.69, 9.17) is 10.5 Å². The number of ether oxygens (including phenoxy) is 1. The van der Waals surface area contributed by atoms with Gasteiger partial charge >= 0.3 is 0 Å². The van der Waals surface area contributed by atoms with Crippen molar-refractivity contribution >= 4 is 0 Å². The summed E-state index contributed by atoms with van der Waals surface area (Å²) in [6, 6.07) is 0.434. The molecular formula is C14H26N2O. The zero-order valence-corrected chi connectivity index (χ0v) is 10.9. The molecule has 2 N–H and O–H groups in total. The molecule has 3 nitrogen and oxygen atoms in total. The van der Waals surface area contributed by atoms with E-state index in [-0.39, 0.29) is 0 Å². The van der Waals surface area contributed by atoms with Gasteiger partial charge in [-0.1, -0.05) is 6.42 Å². The molecule has 0 aromatic carbocycles. The summed E-state index contributed by atoms with van der Waals surface area (Å²) < 4.78 is 5.96. The van der Waals surface area contributed by atoms with Crippen molar-refractivity contribution in [1.29, 1.82) is 0 Å². The SMILES string of the molecule is NC1CCC(OCCN2CC3(CCC3)C2)CC1. The van der Waals surface area contributed by atoms with E-state index in [1.54, 1.807) is 0 Å². The van der Waals surface area contributed by atoms with Crippen LogP contribution in [0.5, 0.6) is 0 Å². The molecular weight excluding hydrogens is 212 g/mol. The molecule has 0 bridgehead atoms. The molecule has 1 heterocycles. The van der Waals surface area contributed by atoms with Crippen LogP contribution in [0.25, 0.3) is 0 Å². The number of hydrogen-bond donors (Lipinski definition) is 1. The summed E-state index contributed by atoms with van der Waals surface area (Å²) in [6.07, 6.45) is 9.56. The highest BCUT2D eigenvalue weighted by atomic mass is 16.5. The molecule has 0 unspecified atom stereocenters. The molecule has 1 aliphatic heterocycles. The van der Waals surface area contributed by atoms with Crippen molar-refractivity contribution in [2.45, 2.75) is 57.1 Å². The lowest BCUT2D eigenvalue weighted by Crippen LogP contribution is -2.60. The van der Waals surface area contributed by atoms with Crippen LogP contribution in [0.3, 0.4) is 0 Å². The molecule has 98 valence electrons. The van der Waals surface area contributed by atoms with Crippen LogP contribution in [-0.2, 0) is 4.74 Å². The second-order valence-corrected chi connectivity index (χ2v) is 6.47. The Balaban J connectivity index is 1.26. The molecule has 2 saturated carbocycles. The fraction of sp³-hybridized carbons (Fsp3) is 1.00. The van der Waals surface area contributed by atoms with E-state index in [0.29, 0.717) is 12.1 Å². The third kappa shape index (κ3) is 2.67. The Morgan fingerprint density at radius 1 is 1.12 bits per heavy atom. The molecule has 0 amide bonds. The fourth-order valence-electron chi connectivity index (χ4n) is 3.66. The van der Waals surface area contributed by atoms with E-state index >= 15 is 0 Å². The molecule has 0 aromatic heterocycles. The first kappa shape index (κ1) is 11.9. The highest BCUT2D eigenvalue weighted by Crippen LogP contribution is 2.47. The van der Waals surface area contributed by atoms with Gasteiger partial charge < -0.3 is 10.5 Å². The van der Waals surface area contributed by atoms with Crippen molar-refractivity contribution in [1.82, 2.24) is 4.90 Å². The normalized spacial score (nSPS) is 36.5. The lowest BCUT2D eigenvalue weighted by molar-refractivity contribution is -0.0779. The van der Waals surface area contributed by atoms with Crippen LogP contribution in [0.15, 0.2) is 0 Å². The average Bonchev–Trinajstić information content (AvgIpc) is 2.21. The molecule has 0 atom stereocenters. The zero-order chi connectivity index (χ0) is 11.7. The molecule has 1 spiro atoms. The van der Waals surface area contributed by atoms with Crippen LogP contribution in [-0.4, -0.2) is 43.3 Å². The number of nitrogens with two attached hydrogens (primary N) is 1. The van der Waals surface area contributed by atoms with Crippen LogP contribution >= 0.6 is 0 Å². The van der Waals surface area contributed by atoms with Crippen LogP contribution in [0.4, 0.5) is 0 Å². The summed E-state index contributed by atoms with van der Waals surface area (Å²) in [5, 5.41) is 0. The van der Waals surface area contributed by atoms with Gasteiger partial charge in [0.2, 0.25) is 0 Å². The van der Waals surface area contributed by atoms with Gasteiger partial charge in [0.25, 0.3) is 0 Å². The Labute approximate surface area is 105 Å². The number of nitrogens with zero attached hydrogens (tertiary/aromatic N) is 1. The Hall–Kier alpha value is -0.120. The molecule has 0 aromatic rings. The molecule has 2 aliphatic carbocycles. The Kier molecular flexibility index (Phi) is 3.42. The van der Waals surface area contributed by atoms with Gasteiger partial charge in [-0.05, 0) is 43.9 Å². The van der Waals surface area contributed by atoms with Crippen molar-refractivity contribution in [3.05, 3.63) is 0 Å². The van der Waals surface area contributed by atoms with Crippen molar-refractivity contribution in [3.8, 4) is 0 Å². The summed E-state index contributed by atoms with van der Waals surface area (Å²) in [5.74, 6) is 0. The summed E-state index contributed by atoms with van der Waals surface area (Å²) in [4.78, 5) is 2.56. The predicted octanol–water partition coefficient (Wildman–Crippen LogP) is 1.76. The molecule has 1 saturated heterocycles. The van der Waals surface area contributed by atoms with E-state index in [9.17, 15) is 0 Å². The van der Waals surface area contributed by atoms with E-state index in [1.165, 1.54) is 45.2 Å². The largest absolute Gasteiger partial charge is 0.377 e. The summed E-state index contributed by atoms with van der Waals surface area (Å²) in [5.41, 5.74) is 6.65. The maximum atomic E-state index is 5.96. The lowest BCUT2D eigenvalue weighted by Gasteiger charge is -2.56. The molecule has 17 heavy (non-hydrogen) atoms. The maximum absolute atomic E-state index is 5.96. The van der Waals surface area contributed by atoms with Crippen molar-refractivity contribution in [3.63, 3.8) is 0 Å². The maximum Gasteiger partial charge on any atom is 0.0597 e. The number of hydrogen-bond acceptors (Lipinski definition) is 3. The first-order chi connectivity index (χ1) is 8.26. The molecule has 0 radical (unpaired) electrons. The van der Waals surface area contributed by atoms with Crippen molar-refractivity contribution < 1.29 is 4.74 Å². The molecule has 3 aliphatic rings. The zero-order valence-electron chi connectivity index (χ0n) is 10.9. The third-order valence-corrected chi connectivity index (χ3v) is 5.01. The van der Waals surface area contributed by atoms with E-state index < -0.39 is 0 Å². The first-order valence-corrected chi connectivity index (χ1v) is 7.35. The minimum atomic E-state index is 0.434. The van der Waals surface area contributed by atoms with Crippen LogP contribution in [0, 0.1) is 5.41 Å². The van der Waals surface area contributed by atoms with Gasteiger partial charge in [-0.2, -0.15) is 0 Å². The van der Waals surface area contributed by atoms with E-state index in [0.717, 1.165) is 31.4 Å². The van der Waals surface area contributed by atoms with Gasteiger partial charge in [0.1, 0.15) is 0 Å². The number of likely N-dealkylation sites (tertiary alicyclic amines) is 1. The standard InChI is InChI=1S/C14H26N2O/c15-12-2-4-13(5-3-12)17-9-8-16-10-14(11-16)6-1-7-14/h12-13H,1-11,15H2. The van der Waals surface area contributed by atoms with Gasteiger partial charge in [0.05, 0.1) is 12.7 Å². The third-order valence-electron chi connectivity index (χ3n) is 5.01. The second-order valence-electron chi connectivity index (χ2n) is 6.47. The minimum Gasteiger partial charge on any atom is -0.377 e. The molecule has 3 fully saturated rings. The Morgan fingerprint density at radius 2 is 1.82 bits per heavy atom. The highest BCUT2D eigenvalue weighted by molar-refractivity contribution is 5.00. The smallest absolute Gasteiger partial charge is 0.0597 e. The van der Waals surface area contributed by atoms with Gasteiger partial charge in [0, 0.05) is 25.7 Å². The van der Waals surface area contributed by atoms with Gasteiger partial charge in [-0.15, -0.1) is 0 Å². The quantitative estimate of drug-likeness (QED) is 0.811. The lowest BCUT2D eigenvalue weighted by atomic mass is 9.63. The van der Waals surface area contributed by atoms with Gasteiger partial charge in [-0.3, -0.25) is 4.90 Å².